The van der Waals surface area contributed by atoms with E-state index in [1.165, 1.54) is 12.1 Å². The van der Waals surface area contributed by atoms with Gasteiger partial charge in [-0.05, 0) is 12.5 Å². The quantitative estimate of drug-likeness (QED) is 0.672. The van der Waals surface area contributed by atoms with Gasteiger partial charge in [0.05, 0.1) is 10.6 Å². The molecule has 0 saturated carbocycles. The van der Waals surface area contributed by atoms with Gasteiger partial charge >= 0.3 is 0 Å². The number of aromatic amines is 1. The summed E-state index contributed by atoms with van der Waals surface area (Å²) in [4.78, 5) is 10.4. The van der Waals surface area contributed by atoms with E-state index in [2.05, 4.69) is 26.1 Å². The van der Waals surface area contributed by atoms with Crippen LogP contribution in [-0.4, -0.2) is 15.1 Å². The Morgan fingerprint density at radius 1 is 1.50 bits per heavy atom. The van der Waals surface area contributed by atoms with Crippen molar-refractivity contribution in [3.63, 3.8) is 0 Å². The van der Waals surface area contributed by atoms with Gasteiger partial charge in [-0.25, -0.2) is 0 Å². The average molecular weight is 311 g/mol. The molecule has 1 aromatic carbocycles. The van der Waals surface area contributed by atoms with Crippen molar-refractivity contribution >= 4 is 27.4 Å². The SMILES string of the molecule is CCc1c(N)n[nH]c1-c1cc(Br)cc([N+](=O)[O-])c1. The van der Waals surface area contributed by atoms with E-state index >= 15 is 0 Å². The molecule has 0 amide bonds. The fourth-order valence-corrected chi connectivity index (χ4v) is 2.28. The van der Waals surface area contributed by atoms with Crippen molar-refractivity contribution in [1.82, 2.24) is 10.2 Å². The number of aromatic nitrogens is 2. The summed E-state index contributed by atoms with van der Waals surface area (Å²) in [6, 6.07) is 4.74. The van der Waals surface area contributed by atoms with Crippen LogP contribution in [0.25, 0.3) is 11.3 Å². The summed E-state index contributed by atoms with van der Waals surface area (Å²) in [5.41, 5.74) is 8.04. The van der Waals surface area contributed by atoms with Gasteiger partial charge in [0.25, 0.3) is 5.69 Å². The molecule has 1 heterocycles. The van der Waals surface area contributed by atoms with E-state index in [9.17, 15) is 10.1 Å². The number of hydrogen-bond acceptors (Lipinski definition) is 4. The minimum absolute atomic E-state index is 0.0228. The molecular weight excluding hydrogens is 300 g/mol. The van der Waals surface area contributed by atoms with Crippen LogP contribution >= 0.6 is 15.9 Å². The third-order valence-electron chi connectivity index (χ3n) is 2.63. The first-order chi connectivity index (χ1) is 8.52. The predicted molar refractivity (Wildman–Crippen MR) is 72.2 cm³/mol. The number of nitro groups is 1. The topological polar surface area (TPSA) is 97.8 Å². The molecule has 0 fully saturated rings. The molecule has 2 rings (SSSR count). The summed E-state index contributed by atoms with van der Waals surface area (Å²) in [6.07, 6.45) is 0.706. The lowest BCUT2D eigenvalue weighted by Crippen LogP contribution is -1.92. The molecule has 94 valence electrons. The van der Waals surface area contributed by atoms with Crippen LogP contribution in [0.3, 0.4) is 0 Å². The third kappa shape index (κ3) is 2.21. The van der Waals surface area contributed by atoms with Crippen LogP contribution in [0.15, 0.2) is 22.7 Å². The number of non-ortho nitro benzene ring substituents is 1. The van der Waals surface area contributed by atoms with Crippen molar-refractivity contribution < 1.29 is 4.92 Å². The molecule has 0 saturated heterocycles. The second kappa shape index (κ2) is 4.77. The Labute approximate surface area is 111 Å². The predicted octanol–water partition coefficient (Wildman–Crippen LogP) is 2.89. The normalized spacial score (nSPS) is 10.6. The van der Waals surface area contributed by atoms with E-state index < -0.39 is 4.92 Å². The Bertz CT molecular complexity index is 609. The summed E-state index contributed by atoms with van der Waals surface area (Å²) in [7, 11) is 0. The van der Waals surface area contributed by atoms with Gasteiger partial charge in [-0.3, -0.25) is 15.2 Å². The van der Waals surface area contributed by atoms with E-state index in [1.54, 1.807) is 6.07 Å². The molecule has 3 N–H and O–H groups in total. The first-order valence-corrected chi connectivity index (χ1v) is 6.10. The molecular formula is C11H11BrN4O2. The number of nitrogens with zero attached hydrogens (tertiary/aromatic N) is 2. The van der Waals surface area contributed by atoms with Gasteiger partial charge in [0.2, 0.25) is 0 Å². The lowest BCUT2D eigenvalue weighted by molar-refractivity contribution is -0.384. The fourth-order valence-electron chi connectivity index (χ4n) is 1.80. The van der Waals surface area contributed by atoms with Gasteiger partial charge in [-0.2, -0.15) is 5.10 Å². The summed E-state index contributed by atoms with van der Waals surface area (Å²) in [5.74, 6) is 0.426. The number of benzene rings is 1. The van der Waals surface area contributed by atoms with Crippen LogP contribution in [0.4, 0.5) is 11.5 Å². The number of nitrogens with two attached hydrogens (primary N) is 1. The zero-order chi connectivity index (χ0) is 13.3. The molecule has 0 spiro atoms. The first kappa shape index (κ1) is 12.6. The Morgan fingerprint density at radius 2 is 2.22 bits per heavy atom. The van der Waals surface area contributed by atoms with Crippen LogP contribution in [0, 0.1) is 10.1 Å². The van der Waals surface area contributed by atoms with Gasteiger partial charge in [0.15, 0.2) is 0 Å². The Balaban J connectivity index is 2.60. The maximum absolute atomic E-state index is 10.8. The lowest BCUT2D eigenvalue weighted by atomic mass is 10.1. The first-order valence-electron chi connectivity index (χ1n) is 5.31. The zero-order valence-corrected chi connectivity index (χ0v) is 11.2. The van der Waals surface area contributed by atoms with Gasteiger partial charge < -0.3 is 5.73 Å². The van der Waals surface area contributed by atoms with Crippen LogP contribution < -0.4 is 5.73 Å². The molecule has 0 aliphatic heterocycles. The number of nitro benzene ring substituents is 1. The van der Waals surface area contributed by atoms with Crippen LogP contribution in [0.2, 0.25) is 0 Å². The van der Waals surface area contributed by atoms with Crippen molar-refractivity contribution in [2.75, 3.05) is 5.73 Å². The smallest absolute Gasteiger partial charge is 0.271 e. The summed E-state index contributed by atoms with van der Waals surface area (Å²) in [6.45, 7) is 1.96. The maximum atomic E-state index is 10.8. The Kier molecular flexibility index (Phi) is 3.33. The Morgan fingerprint density at radius 3 is 2.83 bits per heavy atom. The van der Waals surface area contributed by atoms with Gasteiger partial charge in [0.1, 0.15) is 5.82 Å². The van der Waals surface area contributed by atoms with Gasteiger partial charge in [-0.1, -0.05) is 22.9 Å². The largest absolute Gasteiger partial charge is 0.382 e. The molecule has 7 heteroatoms. The van der Waals surface area contributed by atoms with Crippen LogP contribution in [0.1, 0.15) is 12.5 Å². The van der Waals surface area contributed by atoms with Crippen molar-refractivity contribution in [1.29, 1.82) is 0 Å². The number of hydrogen-bond donors (Lipinski definition) is 2. The van der Waals surface area contributed by atoms with Crippen LogP contribution in [-0.2, 0) is 6.42 Å². The highest BCUT2D eigenvalue weighted by molar-refractivity contribution is 9.10. The molecule has 0 aliphatic rings. The van der Waals surface area contributed by atoms with E-state index in [1.807, 2.05) is 6.92 Å². The second-order valence-electron chi connectivity index (χ2n) is 3.77. The van der Waals surface area contributed by atoms with E-state index in [0.717, 1.165) is 11.3 Å². The number of rotatable bonds is 3. The minimum atomic E-state index is -0.431. The molecule has 6 nitrogen and oxygen atoms in total. The molecule has 0 bridgehead atoms. The molecule has 1 aromatic heterocycles. The van der Waals surface area contributed by atoms with Crippen molar-refractivity contribution in [3.8, 4) is 11.3 Å². The van der Waals surface area contributed by atoms with E-state index in [0.29, 0.717) is 22.3 Å². The van der Waals surface area contributed by atoms with Crippen molar-refractivity contribution in [2.24, 2.45) is 0 Å². The standard InChI is InChI=1S/C11H11BrN4O2/c1-2-9-10(14-15-11(9)13)6-3-7(12)5-8(4-6)16(17)18/h3-5H,2H2,1H3,(H3,13,14,15). The summed E-state index contributed by atoms with van der Waals surface area (Å²) >= 11 is 3.26. The second-order valence-corrected chi connectivity index (χ2v) is 4.69. The van der Waals surface area contributed by atoms with E-state index in [-0.39, 0.29) is 5.69 Å². The highest BCUT2D eigenvalue weighted by Gasteiger charge is 2.15. The monoisotopic (exact) mass is 310 g/mol. The highest BCUT2D eigenvalue weighted by Crippen LogP contribution is 2.31. The molecule has 0 aliphatic carbocycles. The number of nitrogens with one attached hydrogen (secondary N) is 1. The van der Waals surface area contributed by atoms with Gasteiger partial charge in [0, 0.05) is 27.7 Å². The molecule has 2 aromatic rings. The molecule has 18 heavy (non-hydrogen) atoms. The fraction of sp³-hybridized carbons (Fsp3) is 0.182. The van der Waals surface area contributed by atoms with Crippen molar-refractivity contribution in [2.45, 2.75) is 13.3 Å². The molecule has 0 atom stereocenters. The number of H-pyrrole nitrogens is 1. The summed E-state index contributed by atoms with van der Waals surface area (Å²) in [5, 5.41) is 17.6. The third-order valence-corrected chi connectivity index (χ3v) is 3.09. The zero-order valence-electron chi connectivity index (χ0n) is 9.61. The number of halogens is 1. The number of anilines is 1. The van der Waals surface area contributed by atoms with Gasteiger partial charge in [-0.15, -0.1) is 0 Å². The van der Waals surface area contributed by atoms with E-state index in [4.69, 9.17) is 5.73 Å². The summed E-state index contributed by atoms with van der Waals surface area (Å²) < 4.78 is 0.641. The maximum Gasteiger partial charge on any atom is 0.271 e. The average Bonchev–Trinajstić information content (AvgIpc) is 2.69. The van der Waals surface area contributed by atoms with Crippen LogP contribution in [0.5, 0.6) is 0 Å². The highest BCUT2D eigenvalue weighted by atomic mass is 79.9. The van der Waals surface area contributed by atoms with Crippen molar-refractivity contribution in [3.05, 3.63) is 38.3 Å². The minimum Gasteiger partial charge on any atom is -0.382 e. The lowest BCUT2D eigenvalue weighted by Gasteiger charge is -2.03. The molecule has 0 unspecified atom stereocenters. The number of nitrogen functional groups attached to an aromatic ring is 1. The molecule has 0 radical (unpaired) electrons. The Hall–Kier alpha value is -1.89.